The van der Waals surface area contributed by atoms with Crippen LogP contribution in [-0.4, -0.2) is 16.2 Å². The molecule has 88 valence electrons. The molecule has 3 rings (SSSR count). The molecule has 4 nitrogen and oxygen atoms in total. The highest BCUT2D eigenvalue weighted by Crippen LogP contribution is 2.31. The maximum atomic E-state index is 5.62. The van der Waals surface area contributed by atoms with Crippen LogP contribution in [0.1, 0.15) is 23.7 Å². The molecule has 1 unspecified atom stereocenters. The lowest BCUT2D eigenvalue weighted by molar-refractivity contribution is 0.252. The highest BCUT2D eigenvalue weighted by Gasteiger charge is 2.20. The van der Waals surface area contributed by atoms with Crippen molar-refractivity contribution >= 4 is 11.5 Å². The molecule has 5 heteroatoms. The molecule has 0 saturated heterocycles. The smallest absolute Gasteiger partial charge is 0.124 e. The number of fused-ring (bicyclic) bond motifs is 1. The maximum Gasteiger partial charge on any atom is 0.124 e. The lowest BCUT2D eigenvalue weighted by Crippen LogP contribution is -2.26. The van der Waals surface area contributed by atoms with E-state index in [0.29, 0.717) is 6.04 Å². The molecule has 0 radical (unpaired) electrons. The molecule has 17 heavy (non-hydrogen) atoms. The fourth-order valence-electron chi connectivity index (χ4n) is 2.04. The van der Waals surface area contributed by atoms with Crippen LogP contribution in [0.2, 0.25) is 0 Å². The molecular weight excluding hydrogens is 234 g/mol. The minimum absolute atomic E-state index is 0.349. The second kappa shape index (κ2) is 4.81. The molecular formula is C12H13N3OS. The molecule has 0 fully saturated rings. The lowest BCUT2D eigenvalue weighted by Gasteiger charge is -2.26. The molecule has 0 bridgehead atoms. The number of hydrogen-bond donors (Lipinski definition) is 1. The first-order valence-corrected chi connectivity index (χ1v) is 6.48. The van der Waals surface area contributed by atoms with Gasteiger partial charge < -0.3 is 10.1 Å². The van der Waals surface area contributed by atoms with Crippen molar-refractivity contribution in [1.29, 1.82) is 0 Å². The summed E-state index contributed by atoms with van der Waals surface area (Å²) in [4.78, 5) is 0. The zero-order chi connectivity index (χ0) is 11.5. The molecule has 2 heterocycles. The van der Waals surface area contributed by atoms with Crippen LogP contribution in [0.5, 0.6) is 5.75 Å². The monoisotopic (exact) mass is 247 g/mol. The Balaban J connectivity index is 1.72. The summed E-state index contributed by atoms with van der Waals surface area (Å²) >= 11 is 1.39. The number of hydrogen-bond acceptors (Lipinski definition) is 5. The van der Waals surface area contributed by atoms with Gasteiger partial charge in [-0.2, -0.15) is 0 Å². The van der Waals surface area contributed by atoms with Gasteiger partial charge in [-0.15, -0.1) is 5.10 Å². The Kier molecular flexibility index (Phi) is 3.02. The first-order valence-electron chi connectivity index (χ1n) is 5.64. The minimum Gasteiger partial charge on any atom is -0.493 e. The summed E-state index contributed by atoms with van der Waals surface area (Å²) in [6.07, 6.45) is 0.995. The van der Waals surface area contributed by atoms with Gasteiger partial charge in [-0.1, -0.05) is 22.7 Å². The summed E-state index contributed by atoms with van der Waals surface area (Å²) in [6.45, 7) is 1.53. The molecule has 0 spiro atoms. The van der Waals surface area contributed by atoms with E-state index in [1.165, 1.54) is 17.1 Å². The van der Waals surface area contributed by atoms with Gasteiger partial charge in [0.15, 0.2) is 0 Å². The van der Waals surface area contributed by atoms with Crippen molar-refractivity contribution in [1.82, 2.24) is 14.9 Å². The number of nitrogens with zero attached hydrogens (tertiary/aromatic N) is 2. The molecule has 0 amide bonds. The standard InChI is InChI=1S/C12H13N3OS/c1-2-4-12-10(3-1)11(5-6-16-12)13-7-9-8-17-15-14-9/h1-4,8,11,13H,5-7H2. The summed E-state index contributed by atoms with van der Waals surface area (Å²) in [5.74, 6) is 0.993. The van der Waals surface area contributed by atoms with E-state index in [2.05, 4.69) is 21.0 Å². The molecule has 1 aromatic carbocycles. The van der Waals surface area contributed by atoms with Crippen molar-refractivity contribution in [3.63, 3.8) is 0 Å². The maximum absolute atomic E-state index is 5.62. The Morgan fingerprint density at radius 3 is 3.24 bits per heavy atom. The molecule has 1 aromatic heterocycles. The number of rotatable bonds is 3. The third kappa shape index (κ3) is 2.30. The number of nitrogens with one attached hydrogen (secondary N) is 1. The molecule has 0 saturated carbocycles. The molecule has 1 N–H and O–H groups in total. The second-order valence-corrected chi connectivity index (χ2v) is 4.61. The predicted molar refractivity (Wildman–Crippen MR) is 66.0 cm³/mol. The number of benzene rings is 1. The van der Waals surface area contributed by atoms with Gasteiger partial charge in [0.05, 0.1) is 12.3 Å². The van der Waals surface area contributed by atoms with E-state index in [9.17, 15) is 0 Å². The van der Waals surface area contributed by atoms with Gasteiger partial charge in [-0.3, -0.25) is 0 Å². The van der Waals surface area contributed by atoms with Crippen molar-refractivity contribution in [2.75, 3.05) is 6.61 Å². The molecule has 1 atom stereocenters. The zero-order valence-corrected chi connectivity index (χ0v) is 10.1. The van der Waals surface area contributed by atoms with Gasteiger partial charge >= 0.3 is 0 Å². The minimum atomic E-state index is 0.349. The van der Waals surface area contributed by atoms with E-state index in [1.807, 2.05) is 23.6 Å². The van der Waals surface area contributed by atoms with Gasteiger partial charge in [0.2, 0.25) is 0 Å². The number of ether oxygens (including phenoxy) is 1. The van der Waals surface area contributed by atoms with E-state index in [1.54, 1.807) is 0 Å². The fourth-order valence-corrected chi connectivity index (χ4v) is 2.49. The van der Waals surface area contributed by atoms with Crippen LogP contribution < -0.4 is 10.1 Å². The molecule has 1 aliphatic rings. The highest BCUT2D eigenvalue weighted by atomic mass is 32.1. The van der Waals surface area contributed by atoms with Crippen molar-refractivity contribution in [2.24, 2.45) is 0 Å². The van der Waals surface area contributed by atoms with Crippen LogP contribution in [0.3, 0.4) is 0 Å². The Hall–Kier alpha value is -1.46. The summed E-state index contributed by atoms with van der Waals surface area (Å²) < 4.78 is 9.48. The van der Waals surface area contributed by atoms with Gasteiger partial charge in [-0.05, 0) is 17.6 Å². The third-order valence-electron chi connectivity index (χ3n) is 2.89. The van der Waals surface area contributed by atoms with Gasteiger partial charge in [0.25, 0.3) is 0 Å². The highest BCUT2D eigenvalue weighted by molar-refractivity contribution is 7.03. The summed E-state index contributed by atoms with van der Waals surface area (Å²) in [6, 6.07) is 8.54. The van der Waals surface area contributed by atoms with Crippen LogP contribution >= 0.6 is 11.5 Å². The van der Waals surface area contributed by atoms with Crippen LogP contribution in [0.4, 0.5) is 0 Å². The first kappa shape index (κ1) is 10.7. The summed E-state index contributed by atoms with van der Waals surface area (Å²) in [5.41, 5.74) is 2.24. The van der Waals surface area contributed by atoms with Crippen molar-refractivity contribution in [2.45, 2.75) is 19.0 Å². The second-order valence-electron chi connectivity index (χ2n) is 4.00. The van der Waals surface area contributed by atoms with Crippen LogP contribution in [0.25, 0.3) is 0 Å². The molecule has 1 aliphatic heterocycles. The Morgan fingerprint density at radius 1 is 1.41 bits per heavy atom. The van der Waals surface area contributed by atoms with E-state index in [0.717, 1.165) is 31.0 Å². The predicted octanol–water partition coefficient (Wildman–Crippen LogP) is 2.15. The Morgan fingerprint density at radius 2 is 2.35 bits per heavy atom. The first-order chi connectivity index (χ1) is 8.43. The van der Waals surface area contributed by atoms with E-state index in [-0.39, 0.29) is 0 Å². The Labute approximate surface area is 104 Å². The number of aromatic nitrogens is 2. The van der Waals surface area contributed by atoms with Crippen molar-refractivity contribution in [3.05, 3.63) is 40.9 Å². The van der Waals surface area contributed by atoms with Crippen LogP contribution in [0, 0.1) is 0 Å². The van der Waals surface area contributed by atoms with E-state index >= 15 is 0 Å². The number of para-hydroxylation sites is 1. The average molecular weight is 247 g/mol. The van der Waals surface area contributed by atoms with E-state index in [4.69, 9.17) is 4.74 Å². The van der Waals surface area contributed by atoms with Gasteiger partial charge in [0.1, 0.15) is 5.75 Å². The van der Waals surface area contributed by atoms with E-state index < -0.39 is 0 Å². The van der Waals surface area contributed by atoms with Gasteiger partial charge in [-0.25, -0.2) is 0 Å². The normalized spacial score (nSPS) is 18.5. The lowest BCUT2D eigenvalue weighted by atomic mass is 10.0. The summed E-state index contributed by atoms with van der Waals surface area (Å²) in [5, 5.41) is 9.51. The average Bonchev–Trinajstić information content (AvgIpc) is 2.89. The zero-order valence-electron chi connectivity index (χ0n) is 9.30. The van der Waals surface area contributed by atoms with Crippen molar-refractivity contribution < 1.29 is 4.74 Å². The largest absolute Gasteiger partial charge is 0.493 e. The summed E-state index contributed by atoms with van der Waals surface area (Å²) in [7, 11) is 0. The van der Waals surface area contributed by atoms with Crippen LogP contribution in [0.15, 0.2) is 29.6 Å². The van der Waals surface area contributed by atoms with Crippen LogP contribution in [-0.2, 0) is 6.54 Å². The SMILES string of the molecule is c1ccc2c(c1)OCCC2NCc1csnn1. The topological polar surface area (TPSA) is 47.0 Å². The third-order valence-corrected chi connectivity index (χ3v) is 3.45. The Bertz CT molecular complexity index is 486. The fraction of sp³-hybridized carbons (Fsp3) is 0.333. The van der Waals surface area contributed by atoms with Gasteiger partial charge in [0, 0.05) is 30.0 Å². The van der Waals surface area contributed by atoms with Crippen molar-refractivity contribution in [3.8, 4) is 5.75 Å². The quantitative estimate of drug-likeness (QED) is 0.902. The molecule has 2 aromatic rings. The molecule has 0 aliphatic carbocycles.